The first-order valence-corrected chi connectivity index (χ1v) is 17.2. The minimum atomic E-state index is -1.19. The number of phenolic OH excluding ortho intramolecular Hbond substituents is 1. The number of phenols is 1. The number of benzene rings is 2. The minimum absolute atomic E-state index is 0.00268. The van der Waals surface area contributed by atoms with E-state index in [4.69, 9.17) is 5.73 Å². The Labute approximate surface area is 298 Å². The van der Waals surface area contributed by atoms with Gasteiger partial charge >= 0.3 is 0 Å². The summed E-state index contributed by atoms with van der Waals surface area (Å²) in [5.41, 5.74) is 8.57. The second kappa shape index (κ2) is 15.8. The number of aromatic hydroxyl groups is 1. The van der Waals surface area contributed by atoms with Gasteiger partial charge in [0, 0.05) is 61.2 Å². The van der Waals surface area contributed by atoms with Crippen LogP contribution in [0.2, 0.25) is 0 Å². The van der Waals surface area contributed by atoms with E-state index in [-0.39, 0.29) is 43.9 Å². The number of imidazole rings is 1. The van der Waals surface area contributed by atoms with Gasteiger partial charge in [-0.15, -0.1) is 0 Å². The third kappa shape index (κ3) is 8.39. The third-order valence-electron chi connectivity index (χ3n) is 9.51. The van der Waals surface area contributed by atoms with Crippen LogP contribution in [0, 0.1) is 0 Å². The van der Waals surface area contributed by atoms with Crippen molar-refractivity contribution in [2.45, 2.75) is 75.2 Å². The van der Waals surface area contributed by atoms with Gasteiger partial charge in [0.1, 0.15) is 36.0 Å². The monoisotopic (exact) mass is 711 g/mol. The molecule has 52 heavy (non-hydrogen) atoms. The second-order valence-corrected chi connectivity index (χ2v) is 13.1. The number of H-pyrrole nitrogens is 2. The Morgan fingerprint density at radius 2 is 1.67 bits per heavy atom. The summed E-state index contributed by atoms with van der Waals surface area (Å²) in [4.78, 5) is 90.8. The van der Waals surface area contributed by atoms with Gasteiger partial charge in [0.25, 0.3) is 0 Å². The molecule has 0 spiro atoms. The van der Waals surface area contributed by atoms with Gasteiger partial charge in [-0.05, 0) is 48.6 Å². The molecule has 16 nitrogen and oxygen atoms in total. The summed E-state index contributed by atoms with van der Waals surface area (Å²) in [6.45, 7) is 0.232. The lowest BCUT2D eigenvalue weighted by Crippen LogP contribution is -2.59. The molecule has 2 aliphatic heterocycles. The Bertz CT molecular complexity index is 1940. The summed E-state index contributed by atoms with van der Waals surface area (Å²) < 4.78 is 0. The van der Waals surface area contributed by atoms with E-state index in [9.17, 15) is 33.9 Å². The van der Waals surface area contributed by atoms with Crippen molar-refractivity contribution in [1.82, 2.24) is 41.1 Å². The summed E-state index contributed by atoms with van der Waals surface area (Å²) in [5.74, 6) is -3.25. The molecule has 16 heteroatoms. The van der Waals surface area contributed by atoms with Crippen molar-refractivity contribution in [3.8, 4) is 5.75 Å². The fraction of sp³-hybridized carbons (Fsp3) is 0.361. The van der Waals surface area contributed by atoms with Gasteiger partial charge in [-0.1, -0.05) is 30.3 Å². The van der Waals surface area contributed by atoms with Gasteiger partial charge in [-0.2, -0.15) is 0 Å². The molecule has 2 saturated heterocycles. The molecule has 2 aromatic carbocycles. The number of carbonyl (C=O) groups is 6. The van der Waals surface area contributed by atoms with Crippen molar-refractivity contribution in [1.29, 1.82) is 0 Å². The van der Waals surface area contributed by atoms with E-state index in [1.807, 2.05) is 24.3 Å². The average molecular weight is 712 g/mol. The number of hydrogen-bond acceptors (Lipinski definition) is 8. The Kier molecular flexibility index (Phi) is 10.8. The van der Waals surface area contributed by atoms with E-state index in [2.05, 4.69) is 36.2 Å². The number of nitrogens with two attached hydrogens (primary N) is 1. The average Bonchev–Trinajstić information content (AvgIpc) is 3.96. The summed E-state index contributed by atoms with van der Waals surface area (Å²) >= 11 is 0. The zero-order valence-electron chi connectivity index (χ0n) is 28.3. The molecular weight excluding hydrogens is 670 g/mol. The molecule has 0 aliphatic carbocycles. The lowest BCUT2D eigenvalue weighted by atomic mass is 10.0. The predicted octanol–water partition coefficient (Wildman–Crippen LogP) is -0.166. The topological polar surface area (TPSA) is 244 Å². The SMILES string of the molecule is NC(=O)[C@@H](Cc1c[nH]c2ccccc12)NC(=O)[C@@H](Cc1ccc(O)cc1)NC(=O)[C@@H]1CCCN1C(=O)[C@H](Cc1cnc[nH]1)NC(=O)[C@@H]1CCC(=O)N1. The molecular formula is C36H41N9O7. The van der Waals surface area contributed by atoms with Crippen LogP contribution in [0.25, 0.3) is 10.9 Å². The number of amides is 6. The van der Waals surface area contributed by atoms with E-state index >= 15 is 0 Å². The van der Waals surface area contributed by atoms with Crippen molar-refractivity contribution < 1.29 is 33.9 Å². The number of hydrogen-bond donors (Lipinski definition) is 8. The van der Waals surface area contributed by atoms with Crippen LogP contribution in [-0.2, 0) is 48.0 Å². The van der Waals surface area contributed by atoms with Gasteiger partial charge in [-0.3, -0.25) is 28.8 Å². The Hall–Kier alpha value is -6.19. The highest BCUT2D eigenvalue weighted by molar-refractivity contribution is 5.97. The van der Waals surface area contributed by atoms with E-state index in [1.165, 1.54) is 29.6 Å². The number of para-hydroxylation sites is 1. The van der Waals surface area contributed by atoms with Gasteiger partial charge in [0.05, 0.1) is 6.33 Å². The normalized spacial score (nSPS) is 18.7. The third-order valence-corrected chi connectivity index (χ3v) is 9.51. The van der Waals surface area contributed by atoms with Crippen LogP contribution in [0.3, 0.4) is 0 Å². The summed E-state index contributed by atoms with van der Waals surface area (Å²) in [6, 6.07) is 8.54. The van der Waals surface area contributed by atoms with Crippen LogP contribution in [0.15, 0.2) is 67.3 Å². The largest absolute Gasteiger partial charge is 0.508 e. The van der Waals surface area contributed by atoms with Crippen molar-refractivity contribution in [2.75, 3.05) is 6.54 Å². The highest BCUT2D eigenvalue weighted by atomic mass is 16.3. The standard InChI is InChI=1S/C36H41N9O7/c37-32(48)27(15-21-17-39-25-5-2-1-4-24(21)25)42-34(50)28(14-20-7-9-23(46)10-8-20)43-35(51)30-6-3-13-45(30)36(52)29(16-22-18-38-19-40-22)44-33(49)26-11-12-31(47)41-26/h1-2,4-5,7-10,17-19,26-30,39,46H,3,6,11-16H2,(H2,37,48)(H,38,40)(H,41,47)(H,42,50)(H,43,51)(H,44,49)/t26-,27+,28+,29-,30-/m0/s1. The Balaban J connectivity index is 1.19. The molecule has 0 unspecified atom stereocenters. The predicted molar refractivity (Wildman–Crippen MR) is 187 cm³/mol. The number of likely N-dealkylation sites (tertiary alicyclic amines) is 1. The van der Waals surface area contributed by atoms with Crippen LogP contribution in [0.5, 0.6) is 5.75 Å². The van der Waals surface area contributed by atoms with Crippen LogP contribution in [0.4, 0.5) is 0 Å². The molecule has 9 N–H and O–H groups in total. The first-order valence-electron chi connectivity index (χ1n) is 17.2. The maximum absolute atomic E-state index is 14.1. The van der Waals surface area contributed by atoms with E-state index in [0.29, 0.717) is 30.5 Å². The summed E-state index contributed by atoms with van der Waals surface area (Å²) in [5, 5.41) is 21.6. The van der Waals surface area contributed by atoms with Crippen LogP contribution >= 0.6 is 0 Å². The highest BCUT2D eigenvalue weighted by Gasteiger charge is 2.40. The van der Waals surface area contributed by atoms with Gasteiger partial charge in [-0.25, -0.2) is 4.98 Å². The number of aromatic nitrogens is 3. The first kappa shape index (κ1) is 35.6. The summed E-state index contributed by atoms with van der Waals surface area (Å²) in [7, 11) is 0. The Morgan fingerprint density at radius 3 is 2.38 bits per heavy atom. The van der Waals surface area contributed by atoms with Crippen molar-refractivity contribution in [2.24, 2.45) is 5.73 Å². The number of rotatable bonds is 14. The number of nitrogens with zero attached hydrogens (tertiary/aromatic N) is 2. The molecule has 4 aromatic rings. The maximum atomic E-state index is 14.1. The van der Waals surface area contributed by atoms with Gasteiger partial charge in [0.15, 0.2) is 0 Å². The molecule has 5 atom stereocenters. The number of primary amides is 1. The van der Waals surface area contributed by atoms with Crippen molar-refractivity contribution >= 4 is 46.3 Å². The smallest absolute Gasteiger partial charge is 0.246 e. The van der Waals surface area contributed by atoms with Gasteiger partial charge in [0.2, 0.25) is 35.4 Å². The van der Waals surface area contributed by atoms with Crippen molar-refractivity contribution in [3.63, 3.8) is 0 Å². The second-order valence-electron chi connectivity index (χ2n) is 13.1. The Morgan fingerprint density at radius 1 is 0.904 bits per heavy atom. The number of fused-ring (bicyclic) bond motifs is 1. The maximum Gasteiger partial charge on any atom is 0.246 e. The fourth-order valence-corrected chi connectivity index (χ4v) is 6.76. The number of carbonyl (C=O) groups excluding carboxylic acids is 6. The molecule has 6 amide bonds. The molecule has 0 bridgehead atoms. The molecule has 4 heterocycles. The van der Waals surface area contributed by atoms with Crippen LogP contribution < -0.4 is 27.0 Å². The first-order chi connectivity index (χ1) is 25.0. The highest BCUT2D eigenvalue weighted by Crippen LogP contribution is 2.22. The molecule has 6 rings (SSSR count). The van der Waals surface area contributed by atoms with Gasteiger partial charge < -0.3 is 47.0 Å². The molecule has 2 aliphatic rings. The zero-order valence-corrected chi connectivity index (χ0v) is 28.3. The molecule has 2 fully saturated rings. The van der Waals surface area contributed by atoms with E-state index < -0.39 is 59.7 Å². The summed E-state index contributed by atoms with van der Waals surface area (Å²) in [6.07, 6.45) is 6.20. The molecule has 2 aromatic heterocycles. The molecule has 0 saturated carbocycles. The van der Waals surface area contributed by atoms with Crippen LogP contribution in [0.1, 0.15) is 42.5 Å². The van der Waals surface area contributed by atoms with Crippen LogP contribution in [-0.4, -0.2) is 97.2 Å². The van der Waals surface area contributed by atoms with E-state index in [0.717, 1.165) is 16.5 Å². The lowest BCUT2D eigenvalue weighted by molar-refractivity contribution is -0.142. The fourth-order valence-electron chi connectivity index (χ4n) is 6.76. The van der Waals surface area contributed by atoms with E-state index in [1.54, 1.807) is 18.3 Å². The molecule has 272 valence electrons. The number of aromatic amines is 2. The minimum Gasteiger partial charge on any atom is -0.508 e. The molecule has 0 radical (unpaired) electrons. The zero-order chi connectivity index (χ0) is 36.8. The number of nitrogens with one attached hydrogen (secondary N) is 6. The lowest BCUT2D eigenvalue weighted by Gasteiger charge is -2.30. The van der Waals surface area contributed by atoms with Crippen molar-refractivity contribution in [3.05, 3.63) is 84.1 Å². The quantitative estimate of drug-likeness (QED) is 0.0871.